The molecule has 0 spiro atoms. The highest BCUT2D eigenvalue weighted by Gasteiger charge is 2.61. The maximum atomic E-state index is 18.0. The van der Waals surface area contributed by atoms with Gasteiger partial charge in [0.25, 0.3) is 11.8 Å². The Kier molecular flexibility index (Phi) is 25.5. The Balaban J connectivity index is 0.000000178. The monoisotopic (exact) mass is 1990 g/mol. The van der Waals surface area contributed by atoms with Gasteiger partial charge in [-0.25, -0.2) is 45.9 Å². The zero-order valence-electron chi connectivity index (χ0n) is 78.4. The minimum absolute atomic E-state index is 0.0235. The van der Waals surface area contributed by atoms with Crippen LogP contribution in [0.1, 0.15) is 139 Å². The Hall–Kier alpha value is -11.9. The van der Waals surface area contributed by atoms with Crippen LogP contribution in [0.4, 0.5) is 85.5 Å². The van der Waals surface area contributed by atoms with Gasteiger partial charge >= 0.3 is 36.6 Å². The van der Waals surface area contributed by atoms with Crippen LogP contribution in [0.25, 0.3) is 44.3 Å². The molecule has 0 radical (unpaired) electrons. The fourth-order valence-electron chi connectivity index (χ4n) is 21.9. The number of hydrogen-bond donors (Lipinski definition) is 0. The number of aromatic nitrogens is 6. The van der Waals surface area contributed by atoms with Crippen molar-refractivity contribution in [3.05, 3.63) is 176 Å². The number of benzene rings is 6. The minimum Gasteiger partial charge on any atom is -0.497 e. The number of rotatable bonds is 22. The van der Waals surface area contributed by atoms with Crippen LogP contribution in [0, 0.1) is 11.6 Å². The quantitative estimate of drug-likeness (QED) is 0.0574. The minimum atomic E-state index is -5.05. The third-order valence-corrected chi connectivity index (χ3v) is 28.8. The molecule has 14 heterocycles. The molecular weight excluding hydrogens is 1890 g/mol. The molecule has 0 saturated carbocycles. The van der Waals surface area contributed by atoms with Gasteiger partial charge in [-0.1, -0.05) is 71.7 Å². The van der Waals surface area contributed by atoms with Gasteiger partial charge in [-0.05, 0) is 201 Å². The van der Waals surface area contributed by atoms with E-state index in [-0.39, 0.29) is 135 Å². The van der Waals surface area contributed by atoms with Gasteiger partial charge in [0.15, 0.2) is 23.1 Å². The van der Waals surface area contributed by atoms with Crippen molar-refractivity contribution in [1.82, 2.24) is 49.5 Å². The summed E-state index contributed by atoms with van der Waals surface area (Å²) < 4.78 is 246. The summed E-state index contributed by atoms with van der Waals surface area (Å²) in [5.74, 6) is -6.02. The summed E-state index contributed by atoms with van der Waals surface area (Å²) in [6, 6.07) is 29.1. The lowest BCUT2D eigenvalue weighted by Gasteiger charge is -2.46. The van der Waals surface area contributed by atoms with Gasteiger partial charge in [0, 0.05) is 52.1 Å². The first-order valence-electron chi connectivity index (χ1n) is 46.5. The van der Waals surface area contributed by atoms with Gasteiger partial charge in [0.05, 0.1) is 143 Å². The molecule has 8 atom stereocenters. The molecule has 10 aliphatic heterocycles. The van der Waals surface area contributed by atoms with Gasteiger partial charge in [-0.15, -0.1) is 0 Å². The van der Waals surface area contributed by atoms with Gasteiger partial charge in [-0.3, -0.25) is 19.6 Å². The molecule has 8 fully saturated rings. The second kappa shape index (κ2) is 36.9. The van der Waals surface area contributed by atoms with Crippen LogP contribution in [-0.2, 0) is 48.0 Å². The number of fused-ring (bicyclic) bond motifs is 12. The predicted octanol–water partition coefficient (Wildman–Crippen LogP) is 20.7. The normalized spacial score (nSPS) is 22.6. The summed E-state index contributed by atoms with van der Waals surface area (Å²) in [4.78, 5) is 69.4. The summed E-state index contributed by atoms with van der Waals surface area (Å²) in [5, 5.41) is -1.05. The SMILES string of the molecule is COc1ccc(CN(Cc2ccc(OC)cc2)c2ccc(C(F)(F)F)c(-c3c(Cl)c4c5c(nc(OC[C@]67CCCN6CC(F)(F)C7)nc5c3F)N3C[C@H]5CC[C@@H]([C@H]3CO4)N5C(=O)OC(C)(C)C)n2)cc1.COc1ccc(CN(Cc2ccc(OC)cc2)c2ccc(C(F)(F)F)c(-c3c(Cl)c4c5c(nc(OC[C@]67CCCN6CC(F)(F)C7)nc5c3F)N3C[C@H]5CC[C@@H]([C@H]3CO4)N5C(=O)OC(C)(C)C)n2)cc1. The Morgan fingerprint density at radius 2 is 0.793 bits per heavy atom. The number of amides is 2. The molecule has 10 aromatic rings. The van der Waals surface area contributed by atoms with Crippen LogP contribution in [0.5, 0.6) is 46.5 Å². The van der Waals surface area contributed by atoms with Crippen molar-refractivity contribution in [3.63, 3.8) is 0 Å². The predicted molar refractivity (Wildman–Crippen MR) is 497 cm³/mol. The van der Waals surface area contributed by atoms with E-state index in [1.807, 2.05) is 58.3 Å². The second-order valence-corrected chi connectivity index (χ2v) is 40.3. The zero-order chi connectivity index (χ0) is 99.0. The molecule has 4 bridgehead atoms. The van der Waals surface area contributed by atoms with Crippen molar-refractivity contribution >= 4 is 80.5 Å². The lowest BCUT2D eigenvalue weighted by atomic mass is 9.94. The van der Waals surface area contributed by atoms with Crippen LogP contribution in [0.2, 0.25) is 10.0 Å². The van der Waals surface area contributed by atoms with E-state index in [2.05, 4.69) is 19.9 Å². The van der Waals surface area contributed by atoms with Gasteiger partial charge < -0.3 is 67.0 Å². The fraction of sp³-hybridized carbons (Fsp3) is 0.480. The topological polar surface area (TPSA) is 230 Å². The maximum Gasteiger partial charge on any atom is 0.418 e. The molecule has 20 rings (SSSR count). The number of carbonyl (C=O) groups is 2. The molecule has 0 N–H and O–H groups in total. The van der Waals surface area contributed by atoms with E-state index < -0.39 is 175 Å². The smallest absolute Gasteiger partial charge is 0.418 e. The van der Waals surface area contributed by atoms with Crippen LogP contribution < -0.4 is 57.5 Å². The second-order valence-electron chi connectivity index (χ2n) is 39.6. The molecule has 140 heavy (non-hydrogen) atoms. The molecule has 744 valence electrons. The first kappa shape index (κ1) is 96.9. The molecular formula is C100H104Cl2F12N14O12. The van der Waals surface area contributed by atoms with Crippen molar-refractivity contribution in [2.45, 2.75) is 215 Å². The van der Waals surface area contributed by atoms with Gasteiger partial charge in [0.1, 0.15) is 94.9 Å². The molecule has 4 aromatic heterocycles. The largest absolute Gasteiger partial charge is 0.497 e. The van der Waals surface area contributed by atoms with E-state index in [0.29, 0.717) is 87.5 Å². The zero-order valence-corrected chi connectivity index (χ0v) is 79.9. The number of methoxy groups -OCH3 is 4. The molecule has 26 nitrogen and oxygen atoms in total. The molecule has 0 unspecified atom stereocenters. The molecule has 8 saturated heterocycles. The number of anilines is 4. The Bertz CT molecular complexity index is 5920. The van der Waals surface area contributed by atoms with Crippen molar-refractivity contribution in [3.8, 4) is 69.0 Å². The molecule has 2 amide bonds. The van der Waals surface area contributed by atoms with Crippen molar-refractivity contribution in [2.24, 2.45) is 0 Å². The number of nitrogens with zero attached hydrogens (tertiary/aromatic N) is 14. The number of ether oxygens (including phenoxy) is 10. The van der Waals surface area contributed by atoms with E-state index in [1.165, 1.54) is 40.6 Å². The van der Waals surface area contributed by atoms with Gasteiger partial charge in [0.2, 0.25) is 0 Å². The van der Waals surface area contributed by atoms with Crippen molar-refractivity contribution in [1.29, 1.82) is 0 Å². The number of halogens is 14. The number of pyridine rings is 2. The average molecular weight is 1990 g/mol. The lowest BCUT2D eigenvalue weighted by Crippen LogP contribution is -2.63. The van der Waals surface area contributed by atoms with Crippen LogP contribution in [0.3, 0.4) is 0 Å². The molecule has 0 aliphatic carbocycles. The van der Waals surface area contributed by atoms with Gasteiger partial charge in [-0.2, -0.15) is 46.3 Å². The van der Waals surface area contributed by atoms with E-state index in [4.69, 9.17) is 80.5 Å². The van der Waals surface area contributed by atoms with Crippen molar-refractivity contribution in [2.75, 3.05) is 114 Å². The molecule has 40 heteroatoms. The summed E-state index contributed by atoms with van der Waals surface area (Å²) >= 11 is 14.4. The maximum absolute atomic E-state index is 18.0. The highest BCUT2D eigenvalue weighted by atomic mass is 35.5. The number of piperazine rings is 2. The van der Waals surface area contributed by atoms with E-state index in [1.54, 1.807) is 119 Å². The summed E-state index contributed by atoms with van der Waals surface area (Å²) in [6.45, 7) is 10.9. The Morgan fingerprint density at radius 1 is 0.457 bits per heavy atom. The van der Waals surface area contributed by atoms with E-state index in [0.717, 1.165) is 34.4 Å². The average Bonchev–Trinajstić information content (AvgIpc) is 1.57. The highest BCUT2D eigenvalue weighted by Crippen LogP contribution is 2.57. The number of hydrogen-bond acceptors (Lipinski definition) is 24. The Labute approximate surface area is 809 Å². The van der Waals surface area contributed by atoms with E-state index >= 15 is 35.1 Å². The first-order valence-corrected chi connectivity index (χ1v) is 47.2. The van der Waals surface area contributed by atoms with Crippen LogP contribution in [-0.4, -0.2) is 226 Å². The molecule has 10 aliphatic rings. The van der Waals surface area contributed by atoms with Crippen molar-refractivity contribution < 1.29 is 110 Å². The van der Waals surface area contributed by atoms with Crippen LogP contribution in [0.15, 0.2) is 121 Å². The summed E-state index contributed by atoms with van der Waals surface area (Å²) in [5.41, 5.74) is -7.16. The number of alkyl halides is 10. The first-order chi connectivity index (χ1) is 66.5. The summed E-state index contributed by atoms with van der Waals surface area (Å²) in [6.07, 6.45) is -7.56. The standard InChI is InChI=1S/2C50H52ClF6N7O6/c2*1-47(2,3)70-46(65)64-30-11-17-34(64)35-24-68-43-38-42(59-45(60-44(38)63(35)23-30)69-27-48-19-6-20-62(48)26-49(53,54)25-48)40(52)37(39(43)51)41-33(50(55,56)57)16-18-36(58-41)61(21-28-7-12-31(66-4)13-8-28)22-29-9-14-32(67-5)15-10-29/h2*7-10,12-16,18,30,34-35H,6,11,17,19-27H2,1-5H3/t2*30-,34+,35-,48-/m11/s1. The molecule has 6 aromatic carbocycles. The third-order valence-electron chi connectivity index (χ3n) is 28.1. The Morgan fingerprint density at radius 3 is 1.11 bits per heavy atom. The highest BCUT2D eigenvalue weighted by molar-refractivity contribution is 6.37. The lowest BCUT2D eigenvalue weighted by molar-refractivity contribution is -0.138. The fourth-order valence-corrected chi connectivity index (χ4v) is 22.5. The van der Waals surface area contributed by atoms with Crippen LogP contribution >= 0.6 is 23.2 Å². The summed E-state index contributed by atoms with van der Waals surface area (Å²) in [7, 11) is 6.14. The number of carbonyl (C=O) groups excluding carboxylic acids is 2. The van der Waals surface area contributed by atoms with E-state index in [9.17, 15) is 27.2 Å². The third kappa shape index (κ3) is 18.8.